The van der Waals surface area contributed by atoms with E-state index in [0.717, 1.165) is 11.0 Å². The van der Waals surface area contributed by atoms with E-state index in [2.05, 4.69) is 15.4 Å². The zero-order chi connectivity index (χ0) is 23.2. The smallest absolute Gasteiger partial charge is 0.349 e. The maximum Gasteiger partial charge on any atom is 0.349 e. The quantitative estimate of drug-likeness (QED) is 0.347. The van der Waals surface area contributed by atoms with Crippen molar-refractivity contribution in [1.82, 2.24) is 14.8 Å². The van der Waals surface area contributed by atoms with E-state index in [1.165, 1.54) is 22.1 Å². The standard InChI is InChI=1S/C25H16N4O4S/c1-14-10-22(27-23(30)17-11-15-6-2-5-9-20(15)33-24(17)31)29(28-14)25-26-18(13-34-25)21-12-16-7-3-4-8-19(16)32-21/h2-13H,1H3,(H,27,30). The molecular weight excluding hydrogens is 452 g/mol. The van der Waals surface area contributed by atoms with Crippen molar-refractivity contribution >= 4 is 45.0 Å². The third-order valence-corrected chi connectivity index (χ3v) is 6.13. The van der Waals surface area contributed by atoms with Crippen molar-refractivity contribution in [2.24, 2.45) is 0 Å². The van der Waals surface area contributed by atoms with Crippen LogP contribution in [0.1, 0.15) is 16.1 Å². The van der Waals surface area contributed by atoms with E-state index < -0.39 is 11.5 Å². The summed E-state index contributed by atoms with van der Waals surface area (Å²) in [4.78, 5) is 30.0. The van der Waals surface area contributed by atoms with Gasteiger partial charge in [-0.05, 0) is 31.2 Å². The van der Waals surface area contributed by atoms with Gasteiger partial charge in [0.15, 0.2) is 5.76 Å². The molecule has 0 atom stereocenters. The summed E-state index contributed by atoms with van der Waals surface area (Å²) in [5.74, 6) is 0.446. The van der Waals surface area contributed by atoms with E-state index in [-0.39, 0.29) is 5.56 Å². The fraction of sp³-hybridized carbons (Fsp3) is 0.0400. The second kappa shape index (κ2) is 7.82. The van der Waals surface area contributed by atoms with Crippen molar-refractivity contribution < 1.29 is 13.6 Å². The number of thiazole rings is 1. The predicted octanol–water partition coefficient (Wildman–Crippen LogP) is 5.41. The molecule has 6 rings (SSSR count). The molecule has 8 nitrogen and oxygen atoms in total. The number of anilines is 1. The van der Waals surface area contributed by atoms with Crippen LogP contribution in [-0.4, -0.2) is 20.7 Å². The second-order valence-electron chi connectivity index (χ2n) is 7.69. The van der Waals surface area contributed by atoms with Gasteiger partial charge in [0.25, 0.3) is 5.91 Å². The molecule has 1 amide bonds. The van der Waals surface area contributed by atoms with E-state index >= 15 is 0 Å². The fourth-order valence-corrected chi connectivity index (χ4v) is 4.50. The van der Waals surface area contributed by atoms with E-state index in [1.54, 1.807) is 24.3 Å². The van der Waals surface area contributed by atoms with Crippen molar-refractivity contribution in [3.63, 3.8) is 0 Å². The van der Waals surface area contributed by atoms with Gasteiger partial charge in [0, 0.05) is 22.2 Å². The molecule has 0 unspecified atom stereocenters. The van der Waals surface area contributed by atoms with Gasteiger partial charge in [0.05, 0.1) is 5.69 Å². The molecule has 9 heteroatoms. The van der Waals surface area contributed by atoms with Crippen LogP contribution >= 0.6 is 11.3 Å². The number of benzene rings is 2. The first kappa shape index (κ1) is 20.1. The molecule has 1 N–H and O–H groups in total. The first-order chi connectivity index (χ1) is 16.5. The van der Waals surface area contributed by atoms with E-state index in [0.29, 0.717) is 39.1 Å². The summed E-state index contributed by atoms with van der Waals surface area (Å²) in [6.45, 7) is 1.81. The lowest BCUT2D eigenvalue weighted by atomic mass is 10.2. The topological polar surface area (TPSA) is 103 Å². The molecule has 4 aromatic heterocycles. The molecule has 34 heavy (non-hydrogen) atoms. The Kier molecular flexibility index (Phi) is 4.63. The highest BCUT2D eigenvalue weighted by atomic mass is 32.1. The number of carbonyl (C=O) groups excluding carboxylic acids is 1. The number of fused-ring (bicyclic) bond motifs is 2. The third kappa shape index (κ3) is 3.48. The summed E-state index contributed by atoms with van der Waals surface area (Å²) in [5, 5.41) is 11.3. The van der Waals surface area contributed by atoms with Gasteiger partial charge in [0.2, 0.25) is 5.13 Å². The molecule has 0 saturated heterocycles. The lowest BCUT2D eigenvalue weighted by Crippen LogP contribution is -2.22. The maximum atomic E-state index is 13.0. The van der Waals surface area contributed by atoms with Gasteiger partial charge in [-0.25, -0.2) is 9.78 Å². The molecule has 166 valence electrons. The molecular formula is C25H16N4O4S. The normalized spacial score (nSPS) is 11.3. The monoisotopic (exact) mass is 468 g/mol. The van der Waals surface area contributed by atoms with Crippen LogP contribution < -0.4 is 10.9 Å². The first-order valence-electron chi connectivity index (χ1n) is 10.4. The summed E-state index contributed by atoms with van der Waals surface area (Å²) in [6, 6.07) is 19.9. The summed E-state index contributed by atoms with van der Waals surface area (Å²) in [5.41, 5.74) is 1.75. The van der Waals surface area contributed by atoms with Gasteiger partial charge in [-0.15, -0.1) is 11.3 Å². The molecule has 2 aromatic carbocycles. The van der Waals surface area contributed by atoms with Gasteiger partial charge in [-0.3, -0.25) is 4.79 Å². The van der Waals surface area contributed by atoms with Gasteiger partial charge in [-0.2, -0.15) is 9.78 Å². The zero-order valence-electron chi connectivity index (χ0n) is 17.8. The van der Waals surface area contributed by atoms with Gasteiger partial charge in [0.1, 0.15) is 28.2 Å². The minimum Gasteiger partial charge on any atom is -0.454 e. The fourth-order valence-electron chi connectivity index (χ4n) is 3.72. The molecule has 0 aliphatic carbocycles. The molecule has 0 spiro atoms. The van der Waals surface area contributed by atoms with E-state index in [4.69, 9.17) is 8.83 Å². The number of rotatable bonds is 4. The minimum atomic E-state index is -0.708. The average Bonchev–Trinajstić information content (AvgIpc) is 3.56. The van der Waals surface area contributed by atoms with Crippen LogP contribution in [0.15, 0.2) is 85.7 Å². The van der Waals surface area contributed by atoms with Crippen LogP contribution in [0.4, 0.5) is 5.82 Å². The Hall–Kier alpha value is -4.50. The van der Waals surface area contributed by atoms with E-state index in [1.807, 2.05) is 48.7 Å². The molecule has 0 aliphatic rings. The summed E-state index contributed by atoms with van der Waals surface area (Å²) >= 11 is 1.36. The Balaban J connectivity index is 1.33. The molecule has 0 bridgehead atoms. The van der Waals surface area contributed by atoms with Crippen LogP contribution in [0.25, 0.3) is 38.5 Å². The Morgan fingerprint density at radius 3 is 2.44 bits per heavy atom. The van der Waals surface area contributed by atoms with Crippen molar-refractivity contribution in [3.8, 4) is 16.6 Å². The first-order valence-corrected chi connectivity index (χ1v) is 11.3. The number of aryl methyl sites for hydroxylation is 1. The highest BCUT2D eigenvalue weighted by Crippen LogP contribution is 2.30. The number of hydrogen-bond acceptors (Lipinski definition) is 7. The number of amides is 1. The summed E-state index contributed by atoms with van der Waals surface area (Å²) in [7, 11) is 0. The SMILES string of the molecule is Cc1cc(NC(=O)c2cc3ccccc3oc2=O)n(-c2nc(-c3cc4ccccc4o3)cs2)n1. The lowest BCUT2D eigenvalue weighted by molar-refractivity contribution is 0.102. The average molecular weight is 468 g/mol. The van der Waals surface area contributed by atoms with Crippen molar-refractivity contribution in [1.29, 1.82) is 0 Å². The second-order valence-corrected chi connectivity index (χ2v) is 8.52. The number of hydrogen-bond donors (Lipinski definition) is 1. The maximum absolute atomic E-state index is 13.0. The minimum absolute atomic E-state index is 0.0915. The van der Waals surface area contributed by atoms with Crippen molar-refractivity contribution in [3.05, 3.63) is 93.8 Å². The summed E-state index contributed by atoms with van der Waals surface area (Å²) in [6.07, 6.45) is 0. The third-order valence-electron chi connectivity index (χ3n) is 5.31. The van der Waals surface area contributed by atoms with Crippen molar-refractivity contribution in [2.45, 2.75) is 6.92 Å². The molecule has 0 radical (unpaired) electrons. The van der Waals surface area contributed by atoms with Crippen LogP contribution in [0.2, 0.25) is 0 Å². The van der Waals surface area contributed by atoms with Gasteiger partial charge < -0.3 is 14.2 Å². The number of nitrogens with one attached hydrogen (secondary N) is 1. The summed E-state index contributed by atoms with van der Waals surface area (Å²) < 4.78 is 12.7. The molecule has 4 heterocycles. The highest BCUT2D eigenvalue weighted by molar-refractivity contribution is 7.12. The number of aromatic nitrogens is 3. The number of furan rings is 1. The van der Waals surface area contributed by atoms with Crippen LogP contribution in [0, 0.1) is 6.92 Å². The Morgan fingerprint density at radius 1 is 0.971 bits per heavy atom. The van der Waals surface area contributed by atoms with Gasteiger partial charge >= 0.3 is 5.63 Å². The van der Waals surface area contributed by atoms with Gasteiger partial charge in [-0.1, -0.05) is 36.4 Å². The highest BCUT2D eigenvalue weighted by Gasteiger charge is 2.19. The molecule has 0 fully saturated rings. The molecule has 6 aromatic rings. The molecule has 0 saturated carbocycles. The lowest BCUT2D eigenvalue weighted by Gasteiger charge is -2.06. The van der Waals surface area contributed by atoms with Crippen LogP contribution in [0.3, 0.4) is 0 Å². The Labute approximate surface area is 196 Å². The molecule has 0 aliphatic heterocycles. The van der Waals surface area contributed by atoms with Crippen LogP contribution in [-0.2, 0) is 0 Å². The van der Waals surface area contributed by atoms with Crippen molar-refractivity contribution in [2.75, 3.05) is 5.32 Å². The number of carbonyl (C=O) groups is 1. The Morgan fingerprint density at radius 2 is 1.68 bits per heavy atom. The largest absolute Gasteiger partial charge is 0.454 e. The zero-order valence-corrected chi connectivity index (χ0v) is 18.6. The van der Waals surface area contributed by atoms with Crippen LogP contribution in [0.5, 0.6) is 0 Å². The number of para-hydroxylation sites is 2. The Bertz CT molecular complexity index is 1720. The predicted molar refractivity (Wildman–Crippen MR) is 130 cm³/mol. The van der Waals surface area contributed by atoms with E-state index in [9.17, 15) is 9.59 Å². The number of nitrogens with zero attached hydrogens (tertiary/aromatic N) is 3.